The van der Waals surface area contributed by atoms with Gasteiger partial charge in [0, 0.05) is 30.8 Å². The summed E-state index contributed by atoms with van der Waals surface area (Å²) in [5.74, 6) is 1.79. The fourth-order valence-corrected chi connectivity index (χ4v) is 2.42. The quantitative estimate of drug-likeness (QED) is 0.919. The molecule has 100 valence electrons. The van der Waals surface area contributed by atoms with E-state index in [4.69, 9.17) is 9.47 Å². The molecule has 1 aliphatic rings. The van der Waals surface area contributed by atoms with Crippen molar-refractivity contribution in [2.75, 3.05) is 25.6 Å². The summed E-state index contributed by atoms with van der Waals surface area (Å²) in [5, 5.41) is 5.81. The van der Waals surface area contributed by atoms with E-state index in [2.05, 4.69) is 16.4 Å². The summed E-state index contributed by atoms with van der Waals surface area (Å²) in [6.07, 6.45) is 3.90. The molecule has 1 aromatic heterocycles. The average Bonchev–Trinajstić information content (AvgIpc) is 2.48. The minimum Gasteiger partial charge on any atom is -0.497 e. The molecular formula is C15H18N2O2. The first kappa shape index (κ1) is 12.2. The largest absolute Gasteiger partial charge is 0.497 e. The van der Waals surface area contributed by atoms with E-state index >= 15 is 0 Å². The van der Waals surface area contributed by atoms with Gasteiger partial charge in [-0.3, -0.25) is 0 Å². The molecule has 0 aliphatic carbocycles. The standard InChI is InChI=1S/C15H18N2O2/c1-18-13-3-2-11-4-7-16-15(14(11)10-13)17-12-5-8-19-9-6-12/h2-4,7,10,12H,5-6,8-9H2,1H3,(H,16,17). The smallest absolute Gasteiger partial charge is 0.134 e. The SMILES string of the molecule is COc1ccc2ccnc(NC3CCOCC3)c2c1. The van der Waals surface area contributed by atoms with Crippen molar-refractivity contribution >= 4 is 16.6 Å². The fraction of sp³-hybridized carbons (Fsp3) is 0.400. The van der Waals surface area contributed by atoms with Crippen LogP contribution >= 0.6 is 0 Å². The highest BCUT2D eigenvalue weighted by Crippen LogP contribution is 2.27. The molecule has 4 nitrogen and oxygen atoms in total. The van der Waals surface area contributed by atoms with Crippen LogP contribution in [-0.2, 0) is 4.74 Å². The van der Waals surface area contributed by atoms with Crippen LogP contribution in [0.25, 0.3) is 10.8 Å². The van der Waals surface area contributed by atoms with Crippen LogP contribution in [0.4, 0.5) is 5.82 Å². The number of fused-ring (bicyclic) bond motifs is 1. The molecule has 1 saturated heterocycles. The van der Waals surface area contributed by atoms with Crippen LogP contribution in [0.1, 0.15) is 12.8 Å². The van der Waals surface area contributed by atoms with Crippen molar-refractivity contribution in [3.63, 3.8) is 0 Å². The molecule has 1 aromatic carbocycles. The number of benzene rings is 1. The lowest BCUT2D eigenvalue weighted by Gasteiger charge is -2.24. The molecule has 4 heteroatoms. The van der Waals surface area contributed by atoms with Crippen LogP contribution in [0, 0.1) is 0 Å². The number of rotatable bonds is 3. The second-order valence-corrected chi connectivity index (χ2v) is 4.78. The zero-order valence-electron chi connectivity index (χ0n) is 11.1. The molecule has 0 spiro atoms. The Labute approximate surface area is 112 Å². The van der Waals surface area contributed by atoms with E-state index in [1.165, 1.54) is 5.39 Å². The van der Waals surface area contributed by atoms with E-state index in [1.54, 1.807) is 7.11 Å². The van der Waals surface area contributed by atoms with Gasteiger partial charge in [0.15, 0.2) is 0 Å². The van der Waals surface area contributed by atoms with Crippen molar-refractivity contribution in [2.45, 2.75) is 18.9 Å². The third-order valence-corrected chi connectivity index (χ3v) is 3.54. The molecule has 19 heavy (non-hydrogen) atoms. The molecule has 1 N–H and O–H groups in total. The topological polar surface area (TPSA) is 43.4 Å². The van der Waals surface area contributed by atoms with Gasteiger partial charge in [-0.1, -0.05) is 6.07 Å². The number of methoxy groups -OCH3 is 1. The molecule has 1 aliphatic heterocycles. The lowest BCUT2D eigenvalue weighted by atomic mass is 10.1. The summed E-state index contributed by atoms with van der Waals surface area (Å²) in [4.78, 5) is 4.47. The molecule has 0 radical (unpaired) electrons. The zero-order chi connectivity index (χ0) is 13.1. The van der Waals surface area contributed by atoms with Gasteiger partial charge in [-0.2, -0.15) is 0 Å². The van der Waals surface area contributed by atoms with Gasteiger partial charge in [0.2, 0.25) is 0 Å². The lowest BCUT2D eigenvalue weighted by molar-refractivity contribution is 0.0904. The second kappa shape index (κ2) is 5.45. The monoisotopic (exact) mass is 258 g/mol. The number of nitrogens with zero attached hydrogens (tertiary/aromatic N) is 1. The fourth-order valence-electron chi connectivity index (χ4n) is 2.42. The predicted molar refractivity (Wildman–Crippen MR) is 75.8 cm³/mol. The number of hydrogen-bond acceptors (Lipinski definition) is 4. The molecule has 0 saturated carbocycles. The minimum absolute atomic E-state index is 0.443. The molecule has 2 aromatic rings. The number of nitrogens with one attached hydrogen (secondary N) is 1. The first-order valence-corrected chi connectivity index (χ1v) is 6.64. The maximum absolute atomic E-state index is 5.38. The summed E-state index contributed by atoms with van der Waals surface area (Å²) in [6, 6.07) is 8.53. The first-order chi connectivity index (χ1) is 9.36. The van der Waals surface area contributed by atoms with E-state index in [1.807, 2.05) is 24.4 Å². The highest BCUT2D eigenvalue weighted by molar-refractivity contribution is 5.92. The van der Waals surface area contributed by atoms with Crippen LogP contribution in [0.15, 0.2) is 30.5 Å². The summed E-state index contributed by atoms with van der Waals surface area (Å²) < 4.78 is 10.7. The Morgan fingerprint density at radius 2 is 2.11 bits per heavy atom. The van der Waals surface area contributed by atoms with Gasteiger partial charge >= 0.3 is 0 Å². The molecule has 1 fully saturated rings. The van der Waals surface area contributed by atoms with Gasteiger partial charge in [-0.05, 0) is 36.4 Å². The summed E-state index contributed by atoms with van der Waals surface area (Å²) in [5.41, 5.74) is 0. The molecule has 2 heterocycles. The Hall–Kier alpha value is -1.81. The number of anilines is 1. The van der Waals surface area contributed by atoms with Crippen LogP contribution < -0.4 is 10.1 Å². The zero-order valence-corrected chi connectivity index (χ0v) is 11.1. The van der Waals surface area contributed by atoms with Crippen molar-refractivity contribution in [1.29, 1.82) is 0 Å². The van der Waals surface area contributed by atoms with E-state index in [0.29, 0.717) is 6.04 Å². The maximum Gasteiger partial charge on any atom is 0.134 e. The number of pyridine rings is 1. The molecule has 3 rings (SSSR count). The van der Waals surface area contributed by atoms with Gasteiger partial charge in [0.05, 0.1) is 7.11 Å². The van der Waals surface area contributed by atoms with Crippen LogP contribution in [0.3, 0.4) is 0 Å². The highest BCUT2D eigenvalue weighted by Gasteiger charge is 2.15. The van der Waals surface area contributed by atoms with Gasteiger partial charge in [-0.15, -0.1) is 0 Å². The van der Waals surface area contributed by atoms with Crippen molar-refractivity contribution in [3.05, 3.63) is 30.5 Å². The molecule has 0 unspecified atom stereocenters. The second-order valence-electron chi connectivity index (χ2n) is 4.78. The Kier molecular flexibility index (Phi) is 3.51. The summed E-state index contributed by atoms with van der Waals surface area (Å²) in [6.45, 7) is 1.65. The van der Waals surface area contributed by atoms with Crippen molar-refractivity contribution in [2.24, 2.45) is 0 Å². The maximum atomic E-state index is 5.38. The van der Waals surface area contributed by atoms with Gasteiger partial charge in [0.1, 0.15) is 11.6 Å². The average molecular weight is 258 g/mol. The Morgan fingerprint density at radius 1 is 1.26 bits per heavy atom. The normalized spacial score (nSPS) is 16.5. The first-order valence-electron chi connectivity index (χ1n) is 6.64. The van der Waals surface area contributed by atoms with Crippen molar-refractivity contribution in [1.82, 2.24) is 4.98 Å². The van der Waals surface area contributed by atoms with Crippen LogP contribution in [-0.4, -0.2) is 31.3 Å². The molecule has 0 atom stereocenters. The van der Waals surface area contributed by atoms with E-state index in [-0.39, 0.29) is 0 Å². The third kappa shape index (κ3) is 2.63. The summed E-state index contributed by atoms with van der Waals surface area (Å²) >= 11 is 0. The van der Waals surface area contributed by atoms with Crippen LogP contribution in [0.5, 0.6) is 5.75 Å². The Morgan fingerprint density at radius 3 is 2.89 bits per heavy atom. The van der Waals surface area contributed by atoms with Crippen molar-refractivity contribution in [3.8, 4) is 5.75 Å². The van der Waals surface area contributed by atoms with Gasteiger partial charge in [-0.25, -0.2) is 4.98 Å². The van der Waals surface area contributed by atoms with Crippen molar-refractivity contribution < 1.29 is 9.47 Å². The van der Waals surface area contributed by atoms with Crippen LogP contribution in [0.2, 0.25) is 0 Å². The predicted octanol–water partition coefficient (Wildman–Crippen LogP) is 2.83. The highest BCUT2D eigenvalue weighted by atomic mass is 16.5. The van der Waals surface area contributed by atoms with E-state index in [9.17, 15) is 0 Å². The number of hydrogen-bond donors (Lipinski definition) is 1. The van der Waals surface area contributed by atoms with E-state index in [0.717, 1.165) is 43.0 Å². The van der Waals surface area contributed by atoms with Gasteiger partial charge in [0.25, 0.3) is 0 Å². The Bertz CT molecular complexity index is 565. The molecular weight excluding hydrogens is 240 g/mol. The summed E-state index contributed by atoms with van der Waals surface area (Å²) in [7, 11) is 1.68. The third-order valence-electron chi connectivity index (χ3n) is 3.54. The minimum atomic E-state index is 0.443. The molecule has 0 bridgehead atoms. The lowest BCUT2D eigenvalue weighted by Crippen LogP contribution is -2.28. The van der Waals surface area contributed by atoms with Gasteiger partial charge < -0.3 is 14.8 Å². The number of ether oxygens (including phenoxy) is 2. The van der Waals surface area contributed by atoms with E-state index < -0.39 is 0 Å². The Balaban J connectivity index is 1.92. The molecule has 0 amide bonds. The number of aromatic nitrogens is 1.